The van der Waals surface area contributed by atoms with E-state index in [-0.39, 0.29) is 0 Å². The standard InChI is InChI=1S/C7H16OSi/c1-3-5-7(8-9)6-4-2/h3,7H,1,4-6H2,2,9H3. The smallest absolute Gasteiger partial charge is 0.146 e. The number of rotatable bonds is 5. The third-order valence-electron chi connectivity index (χ3n) is 1.37. The maximum absolute atomic E-state index is 5.30. The zero-order chi connectivity index (χ0) is 7.11. The molecule has 1 unspecified atom stereocenters. The zero-order valence-corrected chi connectivity index (χ0v) is 8.39. The van der Waals surface area contributed by atoms with Gasteiger partial charge >= 0.3 is 0 Å². The third kappa shape index (κ3) is 4.42. The van der Waals surface area contributed by atoms with Gasteiger partial charge in [0.05, 0.1) is 0 Å². The van der Waals surface area contributed by atoms with Gasteiger partial charge in [-0.25, -0.2) is 0 Å². The molecule has 0 radical (unpaired) electrons. The minimum Gasteiger partial charge on any atom is -0.425 e. The van der Waals surface area contributed by atoms with E-state index in [2.05, 4.69) is 13.5 Å². The fourth-order valence-electron chi connectivity index (χ4n) is 0.840. The average Bonchev–Trinajstić information content (AvgIpc) is 1.88. The third-order valence-corrected chi connectivity index (χ3v) is 2.04. The van der Waals surface area contributed by atoms with Crippen LogP contribution in [-0.2, 0) is 4.43 Å². The van der Waals surface area contributed by atoms with Crippen LogP contribution in [-0.4, -0.2) is 16.6 Å². The number of hydrogen-bond donors (Lipinski definition) is 0. The second-order valence-corrected chi connectivity index (χ2v) is 2.64. The van der Waals surface area contributed by atoms with Crippen molar-refractivity contribution in [2.24, 2.45) is 0 Å². The van der Waals surface area contributed by atoms with Crippen molar-refractivity contribution in [1.82, 2.24) is 0 Å². The molecule has 1 atom stereocenters. The van der Waals surface area contributed by atoms with Gasteiger partial charge in [-0.15, -0.1) is 6.58 Å². The van der Waals surface area contributed by atoms with Gasteiger partial charge in [-0.3, -0.25) is 0 Å². The van der Waals surface area contributed by atoms with Crippen molar-refractivity contribution in [1.29, 1.82) is 0 Å². The summed E-state index contributed by atoms with van der Waals surface area (Å²) in [5.41, 5.74) is 0. The number of hydrogen-bond acceptors (Lipinski definition) is 1. The van der Waals surface area contributed by atoms with Crippen molar-refractivity contribution in [2.75, 3.05) is 0 Å². The van der Waals surface area contributed by atoms with Gasteiger partial charge < -0.3 is 4.43 Å². The molecule has 9 heavy (non-hydrogen) atoms. The van der Waals surface area contributed by atoms with E-state index in [0.29, 0.717) is 6.10 Å². The minimum absolute atomic E-state index is 0.458. The fourth-order valence-corrected chi connectivity index (χ4v) is 1.27. The first-order chi connectivity index (χ1) is 4.35. The second kappa shape index (κ2) is 6.04. The molecule has 0 N–H and O–H groups in total. The molecule has 2 heteroatoms. The summed E-state index contributed by atoms with van der Waals surface area (Å²) in [7, 11) is 0.853. The van der Waals surface area contributed by atoms with Crippen molar-refractivity contribution in [2.45, 2.75) is 32.3 Å². The summed E-state index contributed by atoms with van der Waals surface area (Å²) in [4.78, 5) is 0. The van der Waals surface area contributed by atoms with E-state index < -0.39 is 0 Å². The Morgan fingerprint density at radius 2 is 2.44 bits per heavy atom. The molecular formula is C7H16OSi. The van der Waals surface area contributed by atoms with Gasteiger partial charge in [-0.2, -0.15) is 0 Å². The van der Waals surface area contributed by atoms with E-state index in [9.17, 15) is 0 Å². The van der Waals surface area contributed by atoms with Crippen molar-refractivity contribution in [3.63, 3.8) is 0 Å². The van der Waals surface area contributed by atoms with Crippen molar-refractivity contribution < 1.29 is 4.43 Å². The van der Waals surface area contributed by atoms with E-state index in [4.69, 9.17) is 4.43 Å². The molecule has 0 bridgehead atoms. The molecule has 0 rings (SSSR count). The molecule has 0 aliphatic rings. The molecule has 0 amide bonds. The Hall–Kier alpha value is -0.0831. The highest BCUT2D eigenvalue weighted by molar-refractivity contribution is 5.98. The van der Waals surface area contributed by atoms with Crippen LogP contribution in [0.25, 0.3) is 0 Å². The van der Waals surface area contributed by atoms with Crippen LogP contribution in [0.5, 0.6) is 0 Å². The lowest BCUT2D eigenvalue weighted by atomic mass is 10.1. The Kier molecular flexibility index (Phi) is 5.99. The highest BCUT2D eigenvalue weighted by Crippen LogP contribution is 2.04. The zero-order valence-electron chi connectivity index (χ0n) is 6.39. The normalized spacial score (nSPS) is 13.4. The topological polar surface area (TPSA) is 9.23 Å². The molecule has 0 saturated carbocycles. The molecule has 0 aliphatic carbocycles. The Morgan fingerprint density at radius 1 is 1.78 bits per heavy atom. The first-order valence-electron chi connectivity index (χ1n) is 3.48. The van der Waals surface area contributed by atoms with Crippen LogP contribution < -0.4 is 0 Å². The van der Waals surface area contributed by atoms with Gasteiger partial charge in [-0.1, -0.05) is 19.4 Å². The largest absolute Gasteiger partial charge is 0.425 e. The van der Waals surface area contributed by atoms with Gasteiger partial charge in [0.25, 0.3) is 0 Å². The fraction of sp³-hybridized carbons (Fsp3) is 0.714. The quantitative estimate of drug-likeness (QED) is 0.413. The highest BCUT2D eigenvalue weighted by atomic mass is 28.2. The summed E-state index contributed by atoms with van der Waals surface area (Å²) in [6.07, 6.45) is 5.78. The van der Waals surface area contributed by atoms with Gasteiger partial charge in [-0.05, 0) is 12.8 Å². The van der Waals surface area contributed by atoms with Crippen LogP contribution >= 0.6 is 0 Å². The second-order valence-electron chi connectivity index (χ2n) is 2.17. The van der Waals surface area contributed by atoms with E-state index >= 15 is 0 Å². The minimum atomic E-state index is 0.458. The van der Waals surface area contributed by atoms with E-state index in [0.717, 1.165) is 16.9 Å². The van der Waals surface area contributed by atoms with Gasteiger partial charge in [0.15, 0.2) is 0 Å². The first kappa shape index (κ1) is 8.92. The molecule has 0 heterocycles. The maximum Gasteiger partial charge on any atom is 0.146 e. The van der Waals surface area contributed by atoms with Crippen LogP contribution in [0.15, 0.2) is 12.7 Å². The Morgan fingerprint density at radius 3 is 2.78 bits per heavy atom. The SMILES string of the molecule is C=CCC(CCC)O[SiH3]. The molecule has 0 aromatic carbocycles. The van der Waals surface area contributed by atoms with Crippen LogP contribution in [0, 0.1) is 0 Å². The average molecular weight is 144 g/mol. The summed E-state index contributed by atoms with van der Waals surface area (Å²) in [5, 5.41) is 0. The molecule has 54 valence electrons. The van der Waals surface area contributed by atoms with E-state index in [1.54, 1.807) is 0 Å². The molecule has 0 aliphatic heterocycles. The molecule has 0 spiro atoms. The van der Waals surface area contributed by atoms with Gasteiger partial charge in [0.1, 0.15) is 10.5 Å². The Bertz CT molecular complexity index is 73.3. The Balaban J connectivity index is 3.28. The molecule has 0 aromatic rings. The predicted octanol–water partition coefficient (Wildman–Crippen LogP) is 1.03. The summed E-state index contributed by atoms with van der Waals surface area (Å²) in [6.45, 7) is 5.84. The van der Waals surface area contributed by atoms with E-state index in [1.807, 2.05) is 6.08 Å². The molecule has 0 fully saturated rings. The summed E-state index contributed by atoms with van der Waals surface area (Å²) < 4.78 is 5.30. The highest BCUT2D eigenvalue weighted by Gasteiger charge is 2.00. The summed E-state index contributed by atoms with van der Waals surface area (Å²) in [5.74, 6) is 0. The van der Waals surface area contributed by atoms with Crippen LogP contribution in [0.2, 0.25) is 0 Å². The molecular weight excluding hydrogens is 128 g/mol. The lowest BCUT2D eigenvalue weighted by molar-refractivity contribution is 0.212. The lowest BCUT2D eigenvalue weighted by Gasteiger charge is -2.11. The Labute approximate surface area is 60.6 Å². The lowest BCUT2D eigenvalue weighted by Crippen LogP contribution is -2.08. The van der Waals surface area contributed by atoms with Crippen molar-refractivity contribution in [3.8, 4) is 0 Å². The monoisotopic (exact) mass is 144 g/mol. The predicted molar refractivity (Wildman–Crippen MR) is 44.5 cm³/mol. The molecule has 1 nitrogen and oxygen atoms in total. The maximum atomic E-state index is 5.30. The van der Waals surface area contributed by atoms with Crippen LogP contribution in [0.3, 0.4) is 0 Å². The van der Waals surface area contributed by atoms with Crippen LogP contribution in [0.1, 0.15) is 26.2 Å². The van der Waals surface area contributed by atoms with Gasteiger partial charge in [0.2, 0.25) is 0 Å². The summed E-state index contributed by atoms with van der Waals surface area (Å²) in [6, 6.07) is 0. The van der Waals surface area contributed by atoms with Gasteiger partial charge in [0, 0.05) is 6.10 Å². The van der Waals surface area contributed by atoms with Crippen LogP contribution in [0.4, 0.5) is 0 Å². The summed E-state index contributed by atoms with van der Waals surface area (Å²) >= 11 is 0. The first-order valence-corrected chi connectivity index (χ1v) is 4.30. The van der Waals surface area contributed by atoms with E-state index in [1.165, 1.54) is 12.8 Å². The molecule has 0 saturated heterocycles. The molecule has 0 aromatic heterocycles. The van der Waals surface area contributed by atoms with Crippen molar-refractivity contribution >= 4 is 10.5 Å². The van der Waals surface area contributed by atoms with Crippen molar-refractivity contribution in [3.05, 3.63) is 12.7 Å².